The van der Waals surface area contributed by atoms with Crippen molar-refractivity contribution in [2.75, 3.05) is 41.7 Å². The molecule has 6 nitrogen and oxygen atoms in total. The van der Waals surface area contributed by atoms with Crippen molar-refractivity contribution in [2.45, 2.75) is 12.2 Å². The number of benzene rings is 2. The molecular weight excluding hydrogens is 360 g/mol. The number of hydrogen-bond donors (Lipinski definition) is 0. The van der Waals surface area contributed by atoms with Crippen molar-refractivity contribution in [3.63, 3.8) is 0 Å². The minimum absolute atomic E-state index is 0.0186. The van der Waals surface area contributed by atoms with Gasteiger partial charge >= 0.3 is 0 Å². The van der Waals surface area contributed by atoms with Crippen LogP contribution in [0, 0.1) is 11.8 Å². The van der Waals surface area contributed by atoms with E-state index in [-0.39, 0.29) is 24.0 Å². The van der Waals surface area contributed by atoms with Crippen molar-refractivity contribution in [2.24, 2.45) is 11.8 Å². The molecule has 4 atom stereocenters. The third kappa shape index (κ3) is 3.16. The summed E-state index contributed by atoms with van der Waals surface area (Å²) in [4.78, 5) is 0. The van der Waals surface area contributed by atoms with Crippen molar-refractivity contribution in [1.82, 2.24) is 0 Å². The topological polar surface area (TPSA) is 55.4 Å². The van der Waals surface area contributed by atoms with E-state index in [0.29, 0.717) is 36.2 Å². The van der Waals surface area contributed by atoms with Gasteiger partial charge in [0.05, 0.1) is 53.9 Å². The Balaban J connectivity index is 1.57. The monoisotopic (exact) mass is 386 g/mol. The highest BCUT2D eigenvalue weighted by molar-refractivity contribution is 5.45. The molecule has 2 aromatic carbocycles. The molecule has 2 fully saturated rings. The molecule has 0 radical (unpaired) electrons. The van der Waals surface area contributed by atoms with Gasteiger partial charge in [-0.05, 0) is 35.4 Å². The van der Waals surface area contributed by atoms with Gasteiger partial charge in [-0.25, -0.2) is 0 Å². The van der Waals surface area contributed by atoms with E-state index in [4.69, 9.17) is 28.4 Å². The van der Waals surface area contributed by atoms with Crippen LogP contribution in [-0.4, -0.2) is 41.7 Å². The van der Waals surface area contributed by atoms with Crippen LogP contribution in [0.2, 0.25) is 0 Å². The Morgan fingerprint density at radius 2 is 1.00 bits per heavy atom. The van der Waals surface area contributed by atoms with Crippen LogP contribution in [0.25, 0.3) is 0 Å². The molecular formula is C22H26O6. The molecule has 28 heavy (non-hydrogen) atoms. The van der Waals surface area contributed by atoms with Crippen LogP contribution in [0.1, 0.15) is 23.3 Å². The van der Waals surface area contributed by atoms with Gasteiger partial charge in [0, 0.05) is 11.8 Å². The summed E-state index contributed by atoms with van der Waals surface area (Å²) in [6.45, 7) is 1.31. The standard InChI is InChI=1S/C22H26O6/c1-23-17-7-5-13(9-19(17)25-3)21-15-11-28-22(16(15)12-27-21)14-6-8-18(24-2)20(10-14)26-4/h5-10,15-16,21-22H,11-12H2,1-4H3/t15?,16?,21-,22-/m1/s1. The summed E-state index contributed by atoms with van der Waals surface area (Å²) >= 11 is 0. The highest BCUT2D eigenvalue weighted by Crippen LogP contribution is 2.51. The summed E-state index contributed by atoms with van der Waals surface area (Å²) in [5.41, 5.74) is 2.17. The van der Waals surface area contributed by atoms with Crippen LogP contribution < -0.4 is 18.9 Å². The van der Waals surface area contributed by atoms with Crippen LogP contribution in [-0.2, 0) is 9.47 Å². The number of rotatable bonds is 6. The Morgan fingerprint density at radius 1 is 0.607 bits per heavy atom. The summed E-state index contributed by atoms with van der Waals surface area (Å²) in [5, 5.41) is 0. The maximum Gasteiger partial charge on any atom is 0.161 e. The fourth-order valence-corrected chi connectivity index (χ4v) is 4.29. The fourth-order valence-electron chi connectivity index (χ4n) is 4.29. The first kappa shape index (κ1) is 18.9. The van der Waals surface area contributed by atoms with E-state index in [1.54, 1.807) is 28.4 Å². The van der Waals surface area contributed by atoms with Gasteiger partial charge in [0.1, 0.15) is 0 Å². The Bertz CT molecular complexity index is 766. The highest BCUT2D eigenvalue weighted by Gasteiger charge is 2.48. The molecule has 150 valence electrons. The summed E-state index contributed by atoms with van der Waals surface area (Å²) < 4.78 is 34.0. The van der Waals surface area contributed by atoms with E-state index in [0.717, 1.165) is 11.1 Å². The average molecular weight is 386 g/mol. The molecule has 2 aliphatic heterocycles. The Morgan fingerprint density at radius 3 is 1.36 bits per heavy atom. The summed E-state index contributed by atoms with van der Waals surface area (Å²) in [7, 11) is 6.56. The van der Waals surface area contributed by atoms with Gasteiger partial charge < -0.3 is 28.4 Å². The minimum Gasteiger partial charge on any atom is -0.493 e. The van der Waals surface area contributed by atoms with Gasteiger partial charge in [0.2, 0.25) is 0 Å². The van der Waals surface area contributed by atoms with E-state index >= 15 is 0 Å². The third-order valence-electron chi connectivity index (χ3n) is 5.74. The zero-order valence-electron chi connectivity index (χ0n) is 16.6. The Labute approximate surface area is 165 Å². The average Bonchev–Trinajstić information content (AvgIpc) is 3.35. The van der Waals surface area contributed by atoms with Crippen LogP contribution in [0.15, 0.2) is 36.4 Å². The summed E-state index contributed by atoms with van der Waals surface area (Å²) in [6.07, 6.45) is -0.0371. The predicted molar refractivity (Wildman–Crippen MR) is 103 cm³/mol. The maximum atomic E-state index is 6.20. The number of fused-ring (bicyclic) bond motifs is 1. The fraction of sp³-hybridized carbons (Fsp3) is 0.455. The van der Waals surface area contributed by atoms with Crippen molar-refractivity contribution in [3.8, 4) is 23.0 Å². The lowest BCUT2D eigenvalue weighted by atomic mass is 9.85. The lowest BCUT2D eigenvalue weighted by Crippen LogP contribution is -2.14. The quantitative estimate of drug-likeness (QED) is 0.753. The molecule has 0 spiro atoms. The second-order valence-electron chi connectivity index (χ2n) is 7.06. The van der Waals surface area contributed by atoms with E-state index in [1.165, 1.54) is 0 Å². The summed E-state index contributed by atoms with van der Waals surface area (Å²) in [5.74, 6) is 3.43. The third-order valence-corrected chi connectivity index (χ3v) is 5.74. The zero-order valence-corrected chi connectivity index (χ0v) is 16.6. The maximum absolute atomic E-state index is 6.20. The lowest BCUT2D eigenvalue weighted by molar-refractivity contribution is 0.0191. The van der Waals surface area contributed by atoms with Gasteiger partial charge in [0.25, 0.3) is 0 Å². The van der Waals surface area contributed by atoms with Crippen LogP contribution in [0.3, 0.4) is 0 Å². The van der Waals surface area contributed by atoms with Crippen LogP contribution in [0.5, 0.6) is 23.0 Å². The van der Waals surface area contributed by atoms with Crippen molar-refractivity contribution < 1.29 is 28.4 Å². The van der Waals surface area contributed by atoms with E-state index in [9.17, 15) is 0 Å². The molecule has 0 bridgehead atoms. The van der Waals surface area contributed by atoms with Gasteiger partial charge in [-0.1, -0.05) is 12.1 Å². The summed E-state index contributed by atoms with van der Waals surface area (Å²) in [6, 6.07) is 11.9. The van der Waals surface area contributed by atoms with Crippen molar-refractivity contribution >= 4 is 0 Å². The molecule has 0 saturated carbocycles. The lowest BCUT2D eigenvalue weighted by Gasteiger charge is -2.18. The Hall–Kier alpha value is -2.44. The smallest absolute Gasteiger partial charge is 0.161 e. The number of methoxy groups -OCH3 is 4. The first-order valence-electron chi connectivity index (χ1n) is 9.37. The van der Waals surface area contributed by atoms with Crippen molar-refractivity contribution in [3.05, 3.63) is 47.5 Å². The van der Waals surface area contributed by atoms with Gasteiger partial charge in [-0.3, -0.25) is 0 Å². The molecule has 0 aliphatic carbocycles. The van der Waals surface area contributed by atoms with Gasteiger partial charge in [0.15, 0.2) is 23.0 Å². The largest absolute Gasteiger partial charge is 0.493 e. The van der Waals surface area contributed by atoms with Gasteiger partial charge in [-0.15, -0.1) is 0 Å². The number of hydrogen-bond acceptors (Lipinski definition) is 6. The van der Waals surface area contributed by atoms with Crippen molar-refractivity contribution in [1.29, 1.82) is 0 Å². The normalized spacial score (nSPS) is 26.0. The van der Waals surface area contributed by atoms with Crippen LogP contribution >= 0.6 is 0 Å². The molecule has 2 aromatic rings. The van der Waals surface area contributed by atoms with E-state index < -0.39 is 0 Å². The molecule has 2 saturated heterocycles. The van der Waals surface area contributed by atoms with Crippen LogP contribution in [0.4, 0.5) is 0 Å². The predicted octanol–water partition coefficient (Wildman–Crippen LogP) is 3.80. The second-order valence-corrected chi connectivity index (χ2v) is 7.06. The Kier molecular flexibility index (Phi) is 5.33. The molecule has 2 heterocycles. The molecule has 0 amide bonds. The molecule has 0 N–H and O–H groups in total. The first-order chi connectivity index (χ1) is 13.7. The molecule has 6 heteroatoms. The number of ether oxygens (including phenoxy) is 6. The second kappa shape index (κ2) is 7.89. The molecule has 2 aliphatic rings. The highest BCUT2D eigenvalue weighted by atomic mass is 16.5. The SMILES string of the molecule is COc1ccc([C@H]2OCC3C2CO[C@@H]3c2ccc(OC)c(OC)c2)cc1OC. The van der Waals surface area contributed by atoms with E-state index in [2.05, 4.69) is 0 Å². The molecule has 2 unspecified atom stereocenters. The van der Waals surface area contributed by atoms with E-state index in [1.807, 2.05) is 36.4 Å². The molecule has 4 rings (SSSR count). The van der Waals surface area contributed by atoms with Gasteiger partial charge in [-0.2, -0.15) is 0 Å². The minimum atomic E-state index is -0.0186. The molecule has 0 aromatic heterocycles. The zero-order chi connectivity index (χ0) is 19.7. The first-order valence-corrected chi connectivity index (χ1v) is 9.37.